The molecular formula is C51H34O. The highest BCUT2D eigenvalue weighted by Crippen LogP contribution is 2.52. The van der Waals surface area contributed by atoms with Crippen molar-refractivity contribution < 1.29 is 51.0 Å². The van der Waals surface area contributed by atoms with Gasteiger partial charge in [0.1, 0.15) is 11.2 Å². The number of fused-ring (bicyclic) bond motifs is 10. The molecule has 0 spiro atoms. The molecule has 1 heteroatoms. The average Bonchev–Trinajstić information content (AvgIpc) is 1.43. The molecule has 0 N–H and O–H groups in total. The summed E-state index contributed by atoms with van der Waals surface area (Å²) < 4.78 is 316. The van der Waals surface area contributed by atoms with E-state index in [-0.39, 0.29) is 0 Å². The molecule has 0 bridgehead atoms. The Kier molecular flexibility index (Phi) is 2.34. The molecule has 0 amide bonds. The van der Waals surface area contributed by atoms with Crippen LogP contribution in [0, 0.1) is 0 Å². The lowest BCUT2D eigenvalue weighted by molar-refractivity contribution is 0.662. The maximum absolute atomic E-state index is 9.89. The SMILES string of the molecule is [2H]c1c([2H])c([2H])c2c(c1[2H])-c1c([2H])c([2H])c([2H])c(-c3c([2H])c([2H])c(-c4c5c([2H])c([2H])c([2H])c([2H])c5c(-c5c([2H])c([2H])c6oc7c8c([2H])c([2H])c([2H])c([2H])c8c([2H])c([2H])c7c6c5[2H])c5c([2H])c([2H])c([2H])c([2H])c45)c([2H])c3[2H])c1C2(C([2H])([2H])[2H])C([2H])([2H])[2H]. The molecular weight excluding hydrogens is 629 g/mol. The summed E-state index contributed by atoms with van der Waals surface area (Å²) in [6.45, 7) is -7.94. The predicted octanol–water partition coefficient (Wildman–Crippen LogP) is 14.4. The number of hydrogen-bond acceptors (Lipinski definition) is 1. The van der Waals surface area contributed by atoms with E-state index in [0.29, 0.717) is 0 Å². The van der Waals surface area contributed by atoms with Gasteiger partial charge >= 0.3 is 0 Å². The molecule has 0 aliphatic heterocycles. The molecule has 1 nitrogen and oxygen atoms in total. The summed E-state index contributed by atoms with van der Waals surface area (Å²) in [4.78, 5) is 0. The van der Waals surface area contributed by atoms with Gasteiger partial charge in [0.25, 0.3) is 0 Å². The highest BCUT2D eigenvalue weighted by Gasteiger charge is 2.37. The van der Waals surface area contributed by atoms with E-state index in [1.807, 2.05) is 0 Å². The molecule has 0 atom stereocenters. The Morgan fingerprint density at radius 1 is 0.442 bits per heavy atom. The molecule has 1 aromatic heterocycles. The zero-order chi connectivity index (χ0) is 63.9. The van der Waals surface area contributed by atoms with Gasteiger partial charge in [0.05, 0.1) is 38.4 Å². The molecule has 9 aromatic carbocycles. The van der Waals surface area contributed by atoms with Crippen LogP contribution in [-0.4, -0.2) is 0 Å². The van der Waals surface area contributed by atoms with E-state index < -0.39 is 298 Å². The molecule has 0 radical (unpaired) electrons. The standard InChI is InChI=1S/C51H34O/c1-51(2)45-21-10-9-14-37(45)42-20-11-19-35(49(42)51)32-22-24-33(25-23-32)47-38-15-5-7-17-40(38)48(41-18-8-6-16-39(41)47)34-27-29-46-44(30-34)43-28-26-31-12-3-4-13-36(31)50(43)52-46/h3-30H,1-2H3/i1D3,2D3,3D,4D,5D,6D,7D,8D,9D,10D,11D,12D,13D,14D,15D,16D,17D,18D,19D,20D,21D,22D,23D,24D,25D,26D,27D,28D,29D,30D. The largest absolute Gasteiger partial charge is 0.455 e. The number of benzene rings is 9. The van der Waals surface area contributed by atoms with Gasteiger partial charge in [0.2, 0.25) is 0 Å². The molecule has 1 aliphatic carbocycles. The van der Waals surface area contributed by atoms with E-state index >= 15 is 0 Å². The van der Waals surface area contributed by atoms with E-state index in [1.165, 1.54) is 0 Å². The topological polar surface area (TPSA) is 13.1 Å². The fourth-order valence-electron chi connectivity index (χ4n) is 6.79. The van der Waals surface area contributed by atoms with Crippen molar-refractivity contribution in [3.05, 3.63) is 180 Å². The van der Waals surface area contributed by atoms with Crippen molar-refractivity contribution in [3.8, 4) is 44.5 Å². The minimum absolute atomic E-state index is 0.463. The van der Waals surface area contributed by atoms with Gasteiger partial charge in [-0.3, -0.25) is 0 Å². The normalized spacial score (nSPS) is 23.1. The van der Waals surface area contributed by atoms with Crippen LogP contribution < -0.4 is 0 Å². The Hall–Kier alpha value is -6.44. The van der Waals surface area contributed by atoms with Gasteiger partial charge in [-0.25, -0.2) is 0 Å². The summed E-state index contributed by atoms with van der Waals surface area (Å²) >= 11 is 0. The monoisotopic (exact) mass is 696 g/mol. The highest BCUT2D eigenvalue weighted by molar-refractivity contribution is 6.23. The third kappa shape index (κ3) is 4.05. The second-order valence-corrected chi connectivity index (χ2v) is 11.8. The van der Waals surface area contributed by atoms with Gasteiger partial charge in [-0.15, -0.1) is 0 Å². The van der Waals surface area contributed by atoms with Crippen LogP contribution in [0.25, 0.3) is 98.8 Å². The smallest absolute Gasteiger partial charge is 0.143 e. The van der Waals surface area contributed by atoms with Gasteiger partial charge in [-0.2, -0.15) is 0 Å². The Morgan fingerprint density at radius 3 is 1.75 bits per heavy atom. The van der Waals surface area contributed by atoms with Crippen LogP contribution in [0.4, 0.5) is 0 Å². The lowest BCUT2D eigenvalue weighted by atomic mass is 9.78. The van der Waals surface area contributed by atoms with E-state index in [4.69, 9.17) is 34.6 Å². The summed E-state index contributed by atoms with van der Waals surface area (Å²) in [6.07, 6.45) is 0. The van der Waals surface area contributed by atoms with Crippen LogP contribution in [0.1, 0.15) is 71.4 Å². The predicted molar refractivity (Wildman–Crippen MR) is 220 cm³/mol. The van der Waals surface area contributed by atoms with Crippen molar-refractivity contribution in [2.24, 2.45) is 0 Å². The molecule has 0 fully saturated rings. The Labute approximate surface area is 350 Å². The van der Waals surface area contributed by atoms with Crippen molar-refractivity contribution >= 4 is 54.3 Å². The van der Waals surface area contributed by atoms with E-state index in [9.17, 15) is 16.4 Å². The summed E-state index contributed by atoms with van der Waals surface area (Å²) in [6, 6.07) is -29.8. The van der Waals surface area contributed by atoms with Crippen LogP contribution in [0.15, 0.2) is 174 Å². The second-order valence-electron chi connectivity index (χ2n) is 11.8. The number of furan rings is 1. The second kappa shape index (κ2) is 10.8. The minimum Gasteiger partial charge on any atom is -0.455 e. The maximum Gasteiger partial charge on any atom is 0.143 e. The molecule has 0 saturated heterocycles. The molecule has 244 valence electrons. The quantitative estimate of drug-likeness (QED) is 0.168. The maximum atomic E-state index is 9.89. The van der Waals surface area contributed by atoms with Gasteiger partial charge < -0.3 is 4.42 Å². The van der Waals surface area contributed by atoms with Crippen LogP contribution in [0.2, 0.25) is 0 Å². The number of rotatable bonds is 3. The van der Waals surface area contributed by atoms with Crippen LogP contribution >= 0.6 is 0 Å². The van der Waals surface area contributed by atoms with E-state index in [2.05, 4.69) is 0 Å². The third-order valence-corrected chi connectivity index (χ3v) is 9.00. The summed E-state index contributed by atoms with van der Waals surface area (Å²) in [7, 11) is 0. The van der Waals surface area contributed by atoms with Crippen molar-refractivity contribution in [3.63, 3.8) is 0 Å². The third-order valence-electron chi connectivity index (χ3n) is 9.00. The van der Waals surface area contributed by atoms with Crippen molar-refractivity contribution in [1.29, 1.82) is 0 Å². The Bertz CT molecular complexity index is 4810. The summed E-state index contributed by atoms with van der Waals surface area (Å²) in [5, 5.41) is -5.51. The molecule has 10 aromatic rings. The average molecular weight is 697 g/mol. The van der Waals surface area contributed by atoms with Crippen molar-refractivity contribution in [2.45, 2.75) is 19.1 Å². The van der Waals surface area contributed by atoms with E-state index in [0.717, 1.165) is 0 Å². The van der Waals surface area contributed by atoms with Crippen LogP contribution in [0.5, 0.6) is 0 Å². The number of hydrogen-bond donors (Lipinski definition) is 0. The fraction of sp³-hybridized carbons (Fsp3) is 0.0588. The first-order valence-electron chi connectivity index (χ1n) is 32.4. The van der Waals surface area contributed by atoms with Gasteiger partial charge in [0.15, 0.2) is 0 Å². The minimum atomic E-state index is -3.97. The molecule has 1 aliphatic rings. The van der Waals surface area contributed by atoms with Gasteiger partial charge in [-0.05, 0) is 101 Å². The first-order chi connectivity index (χ1) is 39.7. The zero-order valence-electron chi connectivity index (χ0n) is 59.9. The lowest BCUT2D eigenvalue weighted by Gasteiger charge is -2.24. The molecule has 1 heterocycles. The molecule has 0 saturated carbocycles. The van der Waals surface area contributed by atoms with Gasteiger partial charge in [-0.1, -0.05) is 165 Å². The zero-order valence-corrected chi connectivity index (χ0v) is 25.9. The van der Waals surface area contributed by atoms with Crippen molar-refractivity contribution in [2.75, 3.05) is 0 Å². The fourth-order valence-corrected chi connectivity index (χ4v) is 6.79. The van der Waals surface area contributed by atoms with Crippen molar-refractivity contribution in [1.82, 2.24) is 0 Å². The Morgan fingerprint density at radius 2 is 1.02 bits per heavy atom. The van der Waals surface area contributed by atoms with E-state index in [1.54, 1.807) is 0 Å². The summed E-state index contributed by atoms with van der Waals surface area (Å²) in [5.41, 5.74) is -15.0. The first-order valence-corrected chi connectivity index (χ1v) is 15.4. The van der Waals surface area contributed by atoms with Crippen LogP contribution in [-0.2, 0) is 5.41 Å². The molecule has 52 heavy (non-hydrogen) atoms. The molecule has 11 rings (SSSR count). The van der Waals surface area contributed by atoms with Gasteiger partial charge in [0, 0.05) is 29.8 Å². The summed E-state index contributed by atoms with van der Waals surface area (Å²) in [5.74, 6) is 0. The first kappa shape index (κ1) is 11.3. The molecule has 0 unspecified atom stereocenters. The lowest BCUT2D eigenvalue weighted by Crippen LogP contribution is -2.16. The Balaban J connectivity index is 1.36. The van der Waals surface area contributed by atoms with Crippen LogP contribution in [0.3, 0.4) is 0 Å². The highest BCUT2D eigenvalue weighted by atomic mass is 16.3.